The van der Waals surface area contributed by atoms with Gasteiger partial charge in [-0.15, -0.1) is 0 Å². The summed E-state index contributed by atoms with van der Waals surface area (Å²) in [4.78, 5) is 6.59. The van der Waals surface area contributed by atoms with Crippen LogP contribution in [0, 0.1) is 5.92 Å². The number of hydrogen-bond donors (Lipinski definition) is 0. The third kappa shape index (κ3) is 2.07. The SMILES string of the molecule is C[C@@]12c3ccccc3C[C@@H]1[C@@H](c1ccccc1)ON2c1ccccc1. The molecule has 0 amide bonds. The van der Waals surface area contributed by atoms with Crippen LogP contribution >= 0.6 is 0 Å². The molecule has 25 heavy (non-hydrogen) atoms. The lowest BCUT2D eigenvalue weighted by Crippen LogP contribution is -2.40. The standard InChI is InChI=1S/C23H21NO/c1-23-20-15-9-8-12-18(20)16-21(23)22(17-10-4-2-5-11-17)25-24(23)19-13-6-3-7-14-19/h2-15,21-22H,16H2,1H3/t21-,22-,23-/m1/s1. The second kappa shape index (κ2) is 5.47. The van der Waals surface area contributed by atoms with Crippen molar-refractivity contribution in [2.45, 2.75) is 25.0 Å². The van der Waals surface area contributed by atoms with Gasteiger partial charge >= 0.3 is 0 Å². The quantitative estimate of drug-likeness (QED) is 0.636. The van der Waals surface area contributed by atoms with Crippen molar-refractivity contribution in [1.29, 1.82) is 0 Å². The van der Waals surface area contributed by atoms with Crippen molar-refractivity contribution in [3.8, 4) is 0 Å². The molecule has 1 aliphatic carbocycles. The summed E-state index contributed by atoms with van der Waals surface area (Å²) in [6.45, 7) is 2.33. The summed E-state index contributed by atoms with van der Waals surface area (Å²) in [7, 11) is 0. The summed E-state index contributed by atoms with van der Waals surface area (Å²) in [6, 6.07) is 29.9. The Hall–Kier alpha value is -2.58. The molecule has 3 aromatic carbocycles. The number of nitrogens with zero attached hydrogens (tertiary/aromatic N) is 1. The highest BCUT2D eigenvalue weighted by Crippen LogP contribution is 2.58. The first-order valence-corrected chi connectivity index (χ1v) is 8.94. The lowest BCUT2D eigenvalue weighted by molar-refractivity contribution is 0.0648. The van der Waals surface area contributed by atoms with E-state index in [2.05, 4.69) is 96.9 Å². The van der Waals surface area contributed by atoms with Gasteiger partial charge in [0, 0.05) is 5.92 Å². The summed E-state index contributed by atoms with van der Waals surface area (Å²) in [6.07, 6.45) is 1.12. The van der Waals surface area contributed by atoms with Gasteiger partial charge in [0.2, 0.25) is 0 Å². The first kappa shape index (κ1) is 14.7. The maximum Gasteiger partial charge on any atom is 0.116 e. The topological polar surface area (TPSA) is 12.5 Å². The fourth-order valence-electron chi connectivity index (χ4n) is 4.61. The number of fused-ring (bicyclic) bond motifs is 3. The van der Waals surface area contributed by atoms with Crippen molar-refractivity contribution in [3.63, 3.8) is 0 Å². The molecule has 0 saturated carbocycles. The van der Waals surface area contributed by atoms with E-state index in [4.69, 9.17) is 4.84 Å². The largest absolute Gasteiger partial charge is 0.264 e. The minimum atomic E-state index is -0.154. The minimum absolute atomic E-state index is 0.0683. The zero-order valence-electron chi connectivity index (χ0n) is 14.3. The molecular weight excluding hydrogens is 306 g/mol. The highest BCUT2D eigenvalue weighted by atomic mass is 16.7. The molecule has 0 spiro atoms. The highest BCUT2D eigenvalue weighted by molar-refractivity contribution is 5.55. The van der Waals surface area contributed by atoms with Gasteiger partial charge in [-0.2, -0.15) is 0 Å². The number of hydrogen-bond acceptors (Lipinski definition) is 2. The molecule has 1 fully saturated rings. The molecule has 0 bridgehead atoms. The average molecular weight is 327 g/mol. The maximum atomic E-state index is 6.59. The number of benzene rings is 3. The Bertz CT molecular complexity index is 892. The van der Waals surface area contributed by atoms with Crippen molar-refractivity contribution < 1.29 is 4.84 Å². The molecule has 124 valence electrons. The van der Waals surface area contributed by atoms with Crippen LogP contribution in [-0.2, 0) is 16.8 Å². The lowest BCUT2D eigenvalue weighted by atomic mass is 9.80. The van der Waals surface area contributed by atoms with Gasteiger partial charge in [-0.05, 0) is 42.2 Å². The van der Waals surface area contributed by atoms with Gasteiger partial charge in [-0.25, -0.2) is 5.06 Å². The van der Waals surface area contributed by atoms with E-state index >= 15 is 0 Å². The molecule has 0 radical (unpaired) electrons. The number of para-hydroxylation sites is 1. The Labute approximate surface area is 148 Å². The molecule has 3 atom stereocenters. The smallest absolute Gasteiger partial charge is 0.116 e. The van der Waals surface area contributed by atoms with Crippen molar-refractivity contribution in [3.05, 3.63) is 102 Å². The van der Waals surface area contributed by atoms with E-state index in [0.29, 0.717) is 5.92 Å². The second-order valence-electron chi connectivity index (χ2n) is 7.18. The second-order valence-corrected chi connectivity index (χ2v) is 7.18. The molecule has 2 aliphatic rings. The molecule has 0 aromatic heterocycles. The molecule has 2 nitrogen and oxygen atoms in total. The Morgan fingerprint density at radius 2 is 1.48 bits per heavy atom. The van der Waals surface area contributed by atoms with Crippen molar-refractivity contribution >= 4 is 5.69 Å². The Morgan fingerprint density at radius 1 is 0.840 bits per heavy atom. The maximum absolute atomic E-state index is 6.59. The summed E-state index contributed by atoms with van der Waals surface area (Å²) < 4.78 is 0. The van der Waals surface area contributed by atoms with Crippen LogP contribution in [0.15, 0.2) is 84.9 Å². The van der Waals surface area contributed by atoms with Crippen LogP contribution in [0.2, 0.25) is 0 Å². The summed E-state index contributed by atoms with van der Waals surface area (Å²) >= 11 is 0. The Kier molecular flexibility index (Phi) is 3.22. The van der Waals surface area contributed by atoms with E-state index < -0.39 is 0 Å². The van der Waals surface area contributed by atoms with Crippen LogP contribution in [0.3, 0.4) is 0 Å². The molecule has 2 heteroatoms. The van der Waals surface area contributed by atoms with E-state index in [-0.39, 0.29) is 11.6 Å². The monoisotopic (exact) mass is 327 g/mol. The van der Waals surface area contributed by atoms with E-state index in [9.17, 15) is 0 Å². The zero-order chi connectivity index (χ0) is 16.9. The van der Waals surface area contributed by atoms with E-state index in [1.165, 1.54) is 16.7 Å². The van der Waals surface area contributed by atoms with Crippen LogP contribution in [0.4, 0.5) is 5.69 Å². The summed E-state index contributed by atoms with van der Waals surface area (Å²) in [5.41, 5.74) is 5.05. The van der Waals surface area contributed by atoms with Gasteiger partial charge in [0.1, 0.15) is 6.10 Å². The highest BCUT2D eigenvalue weighted by Gasteiger charge is 2.58. The molecule has 1 aliphatic heterocycles. The predicted octanol–water partition coefficient (Wildman–Crippen LogP) is 5.27. The van der Waals surface area contributed by atoms with Crippen LogP contribution in [0.1, 0.15) is 29.7 Å². The predicted molar refractivity (Wildman–Crippen MR) is 100 cm³/mol. The first-order chi connectivity index (χ1) is 12.3. The Morgan fingerprint density at radius 3 is 2.24 bits per heavy atom. The summed E-state index contributed by atoms with van der Waals surface area (Å²) in [5.74, 6) is 0.396. The van der Waals surface area contributed by atoms with Gasteiger partial charge in [0.15, 0.2) is 0 Å². The lowest BCUT2D eigenvalue weighted by Gasteiger charge is -2.35. The summed E-state index contributed by atoms with van der Waals surface area (Å²) in [5, 5.41) is 2.15. The van der Waals surface area contributed by atoms with Crippen molar-refractivity contribution in [1.82, 2.24) is 0 Å². The minimum Gasteiger partial charge on any atom is -0.264 e. The van der Waals surface area contributed by atoms with Crippen molar-refractivity contribution in [2.75, 3.05) is 5.06 Å². The number of rotatable bonds is 2. The number of anilines is 1. The van der Waals surface area contributed by atoms with Crippen molar-refractivity contribution in [2.24, 2.45) is 5.92 Å². The van der Waals surface area contributed by atoms with E-state index in [1.807, 2.05) is 0 Å². The zero-order valence-corrected chi connectivity index (χ0v) is 14.3. The van der Waals surface area contributed by atoms with Gasteiger partial charge in [0.05, 0.1) is 11.2 Å². The molecule has 0 unspecified atom stereocenters. The van der Waals surface area contributed by atoms with Gasteiger partial charge in [0.25, 0.3) is 0 Å². The van der Waals surface area contributed by atoms with Crippen LogP contribution in [0.25, 0.3) is 0 Å². The Balaban J connectivity index is 1.67. The van der Waals surface area contributed by atoms with Crippen LogP contribution in [0.5, 0.6) is 0 Å². The van der Waals surface area contributed by atoms with Crippen LogP contribution < -0.4 is 5.06 Å². The van der Waals surface area contributed by atoms with Crippen LogP contribution in [-0.4, -0.2) is 0 Å². The van der Waals surface area contributed by atoms with Gasteiger partial charge in [-0.1, -0.05) is 72.8 Å². The van der Waals surface area contributed by atoms with Gasteiger partial charge < -0.3 is 0 Å². The van der Waals surface area contributed by atoms with E-state index in [0.717, 1.165) is 12.1 Å². The fraction of sp³-hybridized carbons (Fsp3) is 0.217. The molecule has 3 aromatic rings. The molecule has 0 N–H and O–H groups in total. The fourth-order valence-corrected chi connectivity index (χ4v) is 4.61. The molecular formula is C23H21NO. The van der Waals surface area contributed by atoms with E-state index in [1.54, 1.807) is 0 Å². The molecule has 1 heterocycles. The molecule has 1 saturated heterocycles. The van der Waals surface area contributed by atoms with Gasteiger partial charge in [-0.3, -0.25) is 4.84 Å². The normalized spacial score (nSPS) is 27.2. The molecule has 5 rings (SSSR count). The third-order valence-electron chi connectivity index (χ3n) is 5.85. The third-order valence-corrected chi connectivity index (χ3v) is 5.85. The number of hydroxylamine groups is 1. The average Bonchev–Trinajstić information content (AvgIpc) is 3.13. The first-order valence-electron chi connectivity index (χ1n) is 8.94.